The second-order valence-electron chi connectivity index (χ2n) is 7.14. The van der Waals surface area contributed by atoms with Crippen LogP contribution in [-0.2, 0) is 6.54 Å². The van der Waals surface area contributed by atoms with Gasteiger partial charge < -0.3 is 4.52 Å². The van der Waals surface area contributed by atoms with Crippen LogP contribution >= 0.6 is 0 Å². The molecule has 25 heavy (non-hydrogen) atoms. The van der Waals surface area contributed by atoms with Crippen molar-refractivity contribution in [2.24, 2.45) is 11.8 Å². The molecule has 2 atom stereocenters. The molecule has 2 heterocycles. The number of fused-ring (bicyclic) bond motifs is 1. The highest BCUT2D eigenvalue weighted by atomic mass is 16.6. The summed E-state index contributed by atoms with van der Waals surface area (Å²) in [7, 11) is 0. The Hall–Kier alpha value is -2.28. The molecule has 1 aliphatic heterocycles. The number of non-ortho nitro benzene ring substituents is 1. The van der Waals surface area contributed by atoms with E-state index in [1.165, 1.54) is 44.2 Å². The van der Waals surface area contributed by atoms with Crippen LogP contribution in [0, 0.1) is 22.0 Å². The van der Waals surface area contributed by atoms with Gasteiger partial charge in [0.1, 0.15) is 0 Å². The van der Waals surface area contributed by atoms with Crippen molar-refractivity contribution < 1.29 is 9.45 Å². The first kappa shape index (κ1) is 16.2. The van der Waals surface area contributed by atoms with E-state index in [1.54, 1.807) is 12.1 Å². The third-order valence-electron chi connectivity index (χ3n) is 5.54. The van der Waals surface area contributed by atoms with Crippen LogP contribution in [0.4, 0.5) is 5.69 Å². The van der Waals surface area contributed by atoms with Crippen molar-refractivity contribution in [1.82, 2.24) is 15.0 Å². The van der Waals surface area contributed by atoms with E-state index >= 15 is 0 Å². The smallest absolute Gasteiger partial charge is 0.269 e. The quantitative estimate of drug-likeness (QED) is 0.623. The van der Waals surface area contributed by atoms with Gasteiger partial charge in [0.25, 0.3) is 5.69 Å². The molecule has 2 fully saturated rings. The van der Waals surface area contributed by atoms with Gasteiger partial charge in [0.05, 0.1) is 11.5 Å². The number of nitro groups is 1. The van der Waals surface area contributed by atoms with Crippen molar-refractivity contribution in [1.29, 1.82) is 0 Å². The van der Waals surface area contributed by atoms with Crippen molar-refractivity contribution in [2.45, 2.75) is 38.6 Å². The molecule has 2 aromatic rings. The summed E-state index contributed by atoms with van der Waals surface area (Å²) in [5, 5.41) is 14.8. The van der Waals surface area contributed by atoms with Gasteiger partial charge in [-0.05, 0) is 43.4 Å². The third-order valence-corrected chi connectivity index (χ3v) is 5.54. The molecule has 4 rings (SSSR count). The third kappa shape index (κ3) is 3.56. The Labute approximate surface area is 146 Å². The van der Waals surface area contributed by atoms with E-state index in [1.807, 2.05) is 0 Å². The average Bonchev–Trinajstić information content (AvgIpc) is 3.10. The first-order valence-electron chi connectivity index (χ1n) is 8.99. The fraction of sp³-hybridized carbons (Fsp3) is 0.556. The maximum Gasteiger partial charge on any atom is 0.269 e. The maximum absolute atomic E-state index is 10.7. The number of hydrogen-bond acceptors (Lipinski definition) is 6. The lowest BCUT2D eigenvalue weighted by Gasteiger charge is -2.40. The van der Waals surface area contributed by atoms with E-state index in [2.05, 4.69) is 15.0 Å². The maximum atomic E-state index is 10.7. The van der Waals surface area contributed by atoms with E-state index in [0.717, 1.165) is 30.5 Å². The van der Waals surface area contributed by atoms with Gasteiger partial charge in [0.2, 0.25) is 11.7 Å². The molecular formula is C18H22N4O3. The van der Waals surface area contributed by atoms with Crippen LogP contribution in [0.1, 0.15) is 38.0 Å². The van der Waals surface area contributed by atoms with Crippen LogP contribution in [0.5, 0.6) is 0 Å². The summed E-state index contributed by atoms with van der Waals surface area (Å²) in [6.07, 6.45) is 6.76. The summed E-state index contributed by atoms with van der Waals surface area (Å²) in [4.78, 5) is 17.2. The van der Waals surface area contributed by atoms with Crippen molar-refractivity contribution in [3.05, 3.63) is 40.3 Å². The van der Waals surface area contributed by atoms with Gasteiger partial charge in [-0.15, -0.1) is 0 Å². The Morgan fingerprint density at radius 1 is 1.16 bits per heavy atom. The normalized spacial score (nSPS) is 24.0. The number of benzene rings is 1. The lowest BCUT2D eigenvalue weighted by atomic mass is 9.75. The Bertz CT molecular complexity index is 743. The summed E-state index contributed by atoms with van der Waals surface area (Å²) in [5.41, 5.74) is 0.786. The minimum atomic E-state index is -0.416. The highest BCUT2D eigenvalue weighted by Gasteiger charge is 2.31. The fourth-order valence-corrected chi connectivity index (χ4v) is 4.18. The van der Waals surface area contributed by atoms with Gasteiger partial charge >= 0.3 is 0 Å². The zero-order chi connectivity index (χ0) is 17.2. The number of piperidine rings is 1. The Balaban J connectivity index is 1.40. The lowest BCUT2D eigenvalue weighted by Crippen LogP contribution is -2.41. The van der Waals surface area contributed by atoms with Gasteiger partial charge in [-0.2, -0.15) is 4.98 Å². The zero-order valence-corrected chi connectivity index (χ0v) is 14.1. The van der Waals surface area contributed by atoms with Crippen molar-refractivity contribution in [3.8, 4) is 11.4 Å². The van der Waals surface area contributed by atoms with E-state index in [-0.39, 0.29) is 5.69 Å². The van der Waals surface area contributed by atoms with Crippen LogP contribution in [0.15, 0.2) is 28.8 Å². The predicted octanol–water partition coefficient (Wildman–Crippen LogP) is 3.66. The Morgan fingerprint density at radius 3 is 2.68 bits per heavy atom. The van der Waals surface area contributed by atoms with E-state index < -0.39 is 4.92 Å². The molecule has 0 N–H and O–H groups in total. The fourth-order valence-electron chi connectivity index (χ4n) is 4.18. The molecule has 1 saturated carbocycles. The van der Waals surface area contributed by atoms with Gasteiger partial charge in [0, 0.05) is 24.2 Å². The summed E-state index contributed by atoms with van der Waals surface area (Å²) in [6.45, 7) is 2.90. The summed E-state index contributed by atoms with van der Waals surface area (Å²) in [6, 6.07) is 6.22. The van der Waals surface area contributed by atoms with Gasteiger partial charge in [-0.1, -0.05) is 24.4 Å². The summed E-state index contributed by atoms with van der Waals surface area (Å²) < 4.78 is 5.40. The number of aromatic nitrogens is 2. The largest absolute Gasteiger partial charge is 0.338 e. The van der Waals surface area contributed by atoms with Crippen molar-refractivity contribution in [2.75, 3.05) is 13.1 Å². The van der Waals surface area contributed by atoms with Crippen molar-refractivity contribution >= 4 is 5.69 Å². The minimum Gasteiger partial charge on any atom is -0.338 e. The average molecular weight is 342 g/mol. The SMILES string of the molecule is O=[N+]([O-])c1ccc(-c2noc(CN3CC[C@@H]4CCCC[C@H]4C3)n2)cc1. The van der Waals surface area contributed by atoms with Crippen molar-refractivity contribution in [3.63, 3.8) is 0 Å². The lowest BCUT2D eigenvalue weighted by molar-refractivity contribution is -0.384. The van der Waals surface area contributed by atoms with E-state index in [4.69, 9.17) is 4.52 Å². The molecule has 0 bridgehead atoms. The molecule has 0 amide bonds. The standard InChI is InChI=1S/C18H22N4O3/c23-22(24)16-7-5-14(6-8-16)18-19-17(25-20-18)12-21-10-9-13-3-1-2-4-15(13)11-21/h5-8,13,15H,1-4,9-12H2/t13-,15-/m0/s1. The monoisotopic (exact) mass is 342 g/mol. The van der Waals surface area contributed by atoms with Gasteiger partial charge in [-0.3, -0.25) is 15.0 Å². The van der Waals surface area contributed by atoms with E-state index in [0.29, 0.717) is 18.3 Å². The number of nitrogens with zero attached hydrogens (tertiary/aromatic N) is 4. The number of likely N-dealkylation sites (tertiary alicyclic amines) is 1. The second kappa shape index (κ2) is 6.92. The van der Waals surface area contributed by atoms with Crippen LogP contribution in [0.3, 0.4) is 0 Å². The molecule has 1 saturated heterocycles. The molecular weight excluding hydrogens is 320 g/mol. The van der Waals surface area contributed by atoms with Crippen LogP contribution in [0.2, 0.25) is 0 Å². The predicted molar refractivity (Wildman–Crippen MR) is 91.7 cm³/mol. The number of hydrogen-bond donors (Lipinski definition) is 0. The molecule has 1 aromatic heterocycles. The number of rotatable bonds is 4. The molecule has 0 spiro atoms. The van der Waals surface area contributed by atoms with E-state index in [9.17, 15) is 10.1 Å². The molecule has 0 radical (unpaired) electrons. The first-order valence-corrected chi connectivity index (χ1v) is 8.99. The Morgan fingerprint density at radius 2 is 1.92 bits per heavy atom. The van der Waals surface area contributed by atoms with Crippen LogP contribution in [0.25, 0.3) is 11.4 Å². The van der Waals surface area contributed by atoms with Gasteiger partial charge in [0.15, 0.2) is 0 Å². The minimum absolute atomic E-state index is 0.0582. The summed E-state index contributed by atoms with van der Waals surface area (Å²) >= 11 is 0. The summed E-state index contributed by atoms with van der Waals surface area (Å²) in [5.74, 6) is 2.82. The van der Waals surface area contributed by atoms with Gasteiger partial charge in [-0.25, -0.2) is 0 Å². The first-order chi connectivity index (χ1) is 12.2. The number of nitro benzene ring substituents is 1. The molecule has 2 aliphatic rings. The molecule has 7 heteroatoms. The molecule has 7 nitrogen and oxygen atoms in total. The molecule has 1 aliphatic carbocycles. The Kier molecular flexibility index (Phi) is 4.48. The molecule has 1 aromatic carbocycles. The zero-order valence-electron chi connectivity index (χ0n) is 14.1. The van der Waals surface area contributed by atoms with Crippen LogP contribution < -0.4 is 0 Å². The second-order valence-corrected chi connectivity index (χ2v) is 7.14. The highest BCUT2D eigenvalue weighted by molar-refractivity contribution is 5.56. The highest BCUT2D eigenvalue weighted by Crippen LogP contribution is 2.36. The van der Waals surface area contributed by atoms with Crippen LogP contribution in [-0.4, -0.2) is 33.1 Å². The molecule has 132 valence electrons. The topological polar surface area (TPSA) is 85.3 Å². The molecule has 0 unspecified atom stereocenters.